The van der Waals surface area contributed by atoms with Gasteiger partial charge in [0.1, 0.15) is 0 Å². The molecule has 6 rings (SSSR count). The minimum absolute atomic E-state index is 0.631. The van der Waals surface area contributed by atoms with Gasteiger partial charge in [-0.1, -0.05) is 35.5 Å². The van der Waals surface area contributed by atoms with E-state index in [9.17, 15) is 0 Å². The number of hydrogen-bond acceptors (Lipinski definition) is 3. The van der Waals surface area contributed by atoms with Crippen molar-refractivity contribution in [2.24, 2.45) is 22.9 Å². The van der Waals surface area contributed by atoms with E-state index in [4.69, 9.17) is 4.84 Å². The van der Waals surface area contributed by atoms with E-state index >= 15 is 0 Å². The Morgan fingerprint density at radius 1 is 0.909 bits per heavy atom. The Labute approximate surface area is 130 Å². The fraction of sp³-hybridized carbons (Fsp3) is 0.421. The predicted molar refractivity (Wildman–Crippen MR) is 88.2 cm³/mol. The third kappa shape index (κ3) is 2.03. The molecule has 3 heteroatoms. The molecule has 3 nitrogen and oxygen atoms in total. The van der Waals surface area contributed by atoms with Crippen molar-refractivity contribution < 1.29 is 4.84 Å². The number of fused-ring (bicyclic) bond motifs is 1. The molecule has 1 aliphatic carbocycles. The lowest BCUT2D eigenvalue weighted by Gasteiger charge is -2.51. The number of rotatable bonds is 2. The molecule has 0 spiro atoms. The third-order valence-electron chi connectivity index (χ3n) is 5.52. The van der Waals surface area contributed by atoms with E-state index in [0.29, 0.717) is 11.8 Å². The van der Waals surface area contributed by atoms with E-state index in [2.05, 4.69) is 46.5 Å². The first kappa shape index (κ1) is 12.7. The van der Waals surface area contributed by atoms with Gasteiger partial charge >= 0.3 is 0 Å². The number of hydrogen-bond donors (Lipinski definition) is 0. The van der Waals surface area contributed by atoms with E-state index in [-0.39, 0.29) is 0 Å². The van der Waals surface area contributed by atoms with Gasteiger partial charge in [-0.15, -0.1) is 0 Å². The highest BCUT2D eigenvalue weighted by molar-refractivity contribution is 5.91. The first-order chi connectivity index (χ1) is 10.8. The number of nitrogens with zero attached hydrogens (tertiary/aromatic N) is 2. The number of benzene rings is 2. The van der Waals surface area contributed by atoms with Crippen LogP contribution in [-0.4, -0.2) is 30.2 Å². The van der Waals surface area contributed by atoms with Gasteiger partial charge in [-0.25, -0.2) is 0 Å². The molecule has 0 aromatic heterocycles. The van der Waals surface area contributed by atoms with Gasteiger partial charge in [-0.05, 0) is 41.7 Å². The lowest BCUT2D eigenvalue weighted by molar-refractivity contribution is 0.0541. The fourth-order valence-electron chi connectivity index (χ4n) is 4.65. The summed E-state index contributed by atoms with van der Waals surface area (Å²) in [5, 5.41) is 7.04. The van der Waals surface area contributed by atoms with Crippen molar-refractivity contribution >= 4 is 16.5 Å². The van der Waals surface area contributed by atoms with Crippen LogP contribution < -0.4 is 4.84 Å². The van der Waals surface area contributed by atoms with E-state index < -0.39 is 0 Å². The SMILES string of the molecule is c1ccc2cc(ON=C3[C@@H]4CC5C[C@H]3CN(C5)C4)ccc2c1. The van der Waals surface area contributed by atoms with Crippen LogP contribution in [-0.2, 0) is 0 Å². The molecule has 4 aliphatic rings. The smallest absolute Gasteiger partial charge is 0.158 e. The summed E-state index contributed by atoms with van der Waals surface area (Å²) in [5.41, 5.74) is 1.32. The standard InChI is InChI=1S/C19H20N2O/c1-2-4-15-9-18(6-5-14(15)3-1)22-20-19-16-7-13-8-17(19)12-21(10-13)11-16/h1-6,9,13,16-17H,7-8,10-12H2/t13?,16-,17+. The molecule has 0 radical (unpaired) electrons. The quantitative estimate of drug-likeness (QED) is 0.791. The molecule has 112 valence electrons. The van der Waals surface area contributed by atoms with E-state index in [1.54, 1.807) is 0 Å². The molecule has 22 heavy (non-hydrogen) atoms. The second-order valence-electron chi connectivity index (χ2n) is 7.07. The first-order valence-electron chi connectivity index (χ1n) is 8.31. The number of oxime groups is 1. The second-order valence-corrected chi connectivity index (χ2v) is 7.07. The Bertz CT molecular complexity index is 722. The maximum atomic E-state index is 5.81. The highest BCUT2D eigenvalue weighted by atomic mass is 16.6. The summed E-state index contributed by atoms with van der Waals surface area (Å²) in [7, 11) is 0. The molecule has 3 saturated heterocycles. The zero-order valence-corrected chi connectivity index (χ0v) is 12.6. The van der Waals surface area contributed by atoms with Gasteiger partial charge in [-0.3, -0.25) is 0 Å². The lowest BCUT2D eigenvalue weighted by Crippen LogP contribution is -2.58. The van der Waals surface area contributed by atoms with Gasteiger partial charge in [-0.2, -0.15) is 0 Å². The van der Waals surface area contributed by atoms with Crippen LogP contribution in [0.2, 0.25) is 0 Å². The minimum Gasteiger partial charge on any atom is -0.357 e. The van der Waals surface area contributed by atoms with E-state index in [1.807, 2.05) is 6.07 Å². The molecular weight excluding hydrogens is 272 g/mol. The highest BCUT2D eigenvalue weighted by Gasteiger charge is 2.45. The molecule has 0 N–H and O–H groups in total. The highest BCUT2D eigenvalue weighted by Crippen LogP contribution is 2.41. The molecule has 4 atom stereocenters. The summed E-state index contributed by atoms with van der Waals surface area (Å²) < 4.78 is 0. The maximum absolute atomic E-state index is 5.81. The molecule has 4 bridgehead atoms. The molecule has 3 heterocycles. The van der Waals surface area contributed by atoms with Crippen LogP contribution in [0.15, 0.2) is 47.6 Å². The van der Waals surface area contributed by atoms with Gasteiger partial charge < -0.3 is 9.74 Å². The van der Waals surface area contributed by atoms with Crippen LogP contribution in [0, 0.1) is 17.8 Å². The van der Waals surface area contributed by atoms with Gasteiger partial charge in [0.15, 0.2) is 5.75 Å². The van der Waals surface area contributed by atoms with Crippen molar-refractivity contribution in [1.82, 2.24) is 4.90 Å². The monoisotopic (exact) mass is 292 g/mol. The summed E-state index contributed by atoms with van der Waals surface area (Å²) in [6.45, 7) is 3.69. The topological polar surface area (TPSA) is 24.8 Å². The van der Waals surface area contributed by atoms with E-state index in [0.717, 1.165) is 11.7 Å². The zero-order chi connectivity index (χ0) is 14.5. The normalized spacial score (nSPS) is 34.5. The van der Waals surface area contributed by atoms with Gasteiger partial charge in [0.2, 0.25) is 0 Å². The summed E-state index contributed by atoms with van der Waals surface area (Å²) in [6.07, 6.45) is 2.62. The van der Waals surface area contributed by atoms with Crippen molar-refractivity contribution in [1.29, 1.82) is 0 Å². The van der Waals surface area contributed by atoms with Gasteiger partial charge in [0.25, 0.3) is 0 Å². The first-order valence-corrected chi connectivity index (χ1v) is 8.31. The third-order valence-corrected chi connectivity index (χ3v) is 5.52. The lowest BCUT2D eigenvalue weighted by atomic mass is 9.67. The van der Waals surface area contributed by atoms with E-state index in [1.165, 1.54) is 49.0 Å². The molecule has 1 saturated carbocycles. The Morgan fingerprint density at radius 3 is 2.45 bits per heavy atom. The zero-order valence-electron chi connectivity index (χ0n) is 12.6. The van der Waals surface area contributed by atoms with Gasteiger partial charge in [0.05, 0.1) is 5.71 Å². The minimum atomic E-state index is 0.631. The van der Waals surface area contributed by atoms with Crippen LogP contribution in [0.5, 0.6) is 5.75 Å². The fourth-order valence-corrected chi connectivity index (χ4v) is 4.65. The van der Waals surface area contributed by atoms with Crippen molar-refractivity contribution in [2.45, 2.75) is 12.8 Å². The van der Waals surface area contributed by atoms with Crippen LogP contribution in [0.4, 0.5) is 0 Å². The summed E-state index contributed by atoms with van der Waals surface area (Å²) >= 11 is 0. The number of piperidine rings is 3. The maximum Gasteiger partial charge on any atom is 0.158 e. The average Bonchev–Trinajstić information content (AvgIpc) is 2.53. The molecule has 3 aliphatic heterocycles. The Hall–Kier alpha value is -1.87. The average molecular weight is 292 g/mol. The second kappa shape index (κ2) is 4.82. The molecule has 0 amide bonds. The molecule has 2 aromatic carbocycles. The van der Waals surface area contributed by atoms with Crippen molar-refractivity contribution in [2.75, 3.05) is 19.6 Å². The summed E-state index contributed by atoms with van der Waals surface area (Å²) in [5.74, 6) is 3.01. The molecule has 2 aromatic rings. The van der Waals surface area contributed by atoms with Gasteiger partial charge in [0, 0.05) is 31.5 Å². The molecule has 2 unspecified atom stereocenters. The predicted octanol–water partition coefficient (Wildman–Crippen LogP) is 3.55. The van der Waals surface area contributed by atoms with Crippen LogP contribution >= 0.6 is 0 Å². The van der Waals surface area contributed by atoms with Crippen LogP contribution in [0.3, 0.4) is 0 Å². The van der Waals surface area contributed by atoms with Crippen molar-refractivity contribution in [3.8, 4) is 5.75 Å². The summed E-state index contributed by atoms with van der Waals surface area (Å²) in [6, 6.07) is 14.6. The molecular formula is C19H20N2O. The van der Waals surface area contributed by atoms with Crippen molar-refractivity contribution in [3.05, 3.63) is 42.5 Å². The largest absolute Gasteiger partial charge is 0.357 e. The van der Waals surface area contributed by atoms with Crippen molar-refractivity contribution in [3.63, 3.8) is 0 Å². The Kier molecular flexibility index (Phi) is 2.77. The summed E-state index contributed by atoms with van der Waals surface area (Å²) in [4.78, 5) is 8.42. The molecule has 4 fully saturated rings. The van der Waals surface area contributed by atoms with Crippen LogP contribution in [0.1, 0.15) is 12.8 Å². The Morgan fingerprint density at radius 2 is 1.68 bits per heavy atom. The van der Waals surface area contributed by atoms with Crippen LogP contribution in [0.25, 0.3) is 10.8 Å². The Balaban J connectivity index is 1.41.